The molecule has 0 saturated heterocycles. The number of nitrogens with zero attached hydrogens (tertiary/aromatic N) is 2. The number of nitrogens with one attached hydrogen (secondary N) is 1. The van der Waals surface area contributed by atoms with Crippen molar-refractivity contribution < 1.29 is 0 Å². The zero-order chi connectivity index (χ0) is 13.5. The van der Waals surface area contributed by atoms with E-state index in [1.54, 1.807) is 0 Å². The van der Waals surface area contributed by atoms with Crippen LogP contribution >= 0.6 is 0 Å². The van der Waals surface area contributed by atoms with Crippen LogP contribution in [0.25, 0.3) is 0 Å². The van der Waals surface area contributed by atoms with Gasteiger partial charge in [0.15, 0.2) is 0 Å². The van der Waals surface area contributed by atoms with E-state index in [1.165, 1.54) is 64.2 Å². The summed E-state index contributed by atoms with van der Waals surface area (Å²) in [6.07, 6.45) is 15.3. The van der Waals surface area contributed by atoms with Gasteiger partial charge in [0, 0.05) is 6.42 Å². The van der Waals surface area contributed by atoms with Crippen LogP contribution in [0.15, 0.2) is 10.3 Å². The monoisotopic (exact) mass is 254 g/mol. The largest absolute Gasteiger partial charge is 0.305 e. The SMILES string of the molecule is CCCCCCCCCCCCCC(=N)N=NN. The van der Waals surface area contributed by atoms with Gasteiger partial charge in [-0.15, -0.1) is 5.11 Å². The summed E-state index contributed by atoms with van der Waals surface area (Å²) in [6, 6.07) is 0. The normalized spacial score (nSPS) is 11.2. The van der Waals surface area contributed by atoms with Crippen molar-refractivity contribution in [1.29, 1.82) is 5.41 Å². The molecule has 0 atom stereocenters. The molecule has 3 N–H and O–H groups in total. The van der Waals surface area contributed by atoms with E-state index in [0.29, 0.717) is 12.3 Å². The standard InChI is InChI=1S/C14H30N4/c1-2-3-4-5-6-7-8-9-10-11-12-13-14(15)17-18-16/h2-13H2,1H3,(H3,15,16,17). The second-order valence-electron chi connectivity index (χ2n) is 4.95. The highest BCUT2D eigenvalue weighted by molar-refractivity contribution is 5.79. The van der Waals surface area contributed by atoms with E-state index >= 15 is 0 Å². The Balaban J connectivity index is 3.05. The summed E-state index contributed by atoms with van der Waals surface area (Å²) < 4.78 is 0. The first-order valence-corrected chi connectivity index (χ1v) is 7.49. The summed E-state index contributed by atoms with van der Waals surface area (Å²) in [5.41, 5.74) is 0. The summed E-state index contributed by atoms with van der Waals surface area (Å²) in [5, 5.41) is 14.0. The molecule has 4 nitrogen and oxygen atoms in total. The predicted molar refractivity (Wildman–Crippen MR) is 77.8 cm³/mol. The number of hydrogen-bond donors (Lipinski definition) is 2. The van der Waals surface area contributed by atoms with Gasteiger partial charge in [-0.1, -0.05) is 76.4 Å². The van der Waals surface area contributed by atoms with Crippen molar-refractivity contribution in [2.45, 2.75) is 84.0 Å². The van der Waals surface area contributed by atoms with Crippen LogP contribution in [0.4, 0.5) is 0 Å². The van der Waals surface area contributed by atoms with E-state index in [2.05, 4.69) is 17.3 Å². The quantitative estimate of drug-likeness (QED) is 0.126. The molecule has 0 aromatic heterocycles. The molecular weight excluding hydrogens is 224 g/mol. The average Bonchev–Trinajstić information content (AvgIpc) is 2.36. The Morgan fingerprint density at radius 1 is 0.833 bits per heavy atom. The van der Waals surface area contributed by atoms with Gasteiger partial charge in [-0.05, 0) is 6.42 Å². The zero-order valence-electron chi connectivity index (χ0n) is 12.0. The highest BCUT2D eigenvalue weighted by Gasteiger charge is 1.96. The molecule has 0 aromatic rings. The van der Waals surface area contributed by atoms with Crippen LogP contribution in [0.5, 0.6) is 0 Å². The highest BCUT2D eigenvalue weighted by Crippen LogP contribution is 2.12. The van der Waals surface area contributed by atoms with Crippen LogP contribution in [0.2, 0.25) is 0 Å². The third kappa shape index (κ3) is 13.1. The van der Waals surface area contributed by atoms with Crippen molar-refractivity contribution in [3.8, 4) is 0 Å². The molecule has 0 aromatic carbocycles. The highest BCUT2D eigenvalue weighted by atomic mass is 15.3. The lowest BCUT2D eigenvalue weighted by atomic mass is 10.1. The molecule has 18 heavy (non-hydrogen) atoms. The topological polar surface area (TPSA) is 74.6 Å². The molecule has 0 spiro atoms. The molecule has 0 bridgehead atoms. The van der Waals surface area contributed by atoms with Gasteiger partial charge >= 0.3 is 0 Å². The first-order chi connectivity index (χ1) is 8.81. The summed E-state index contributed by atoms with van der Waals surface area (Å²) in [6.45, 7) is 2.26. The molecule has 4 heteroatoms. The fourth-order valence-corrected chi connectivity index (χ4v) is 2.08. The minimum atomic E-state index is 0.299. The summed E-state index contributed by atoms with van der Waals surface area (Å²) >= 11 is 0. The van der Waals surface area contributed by atoms with Gasteiger partial charge in [0.2, 0.25) is 0 Å². The average molecular weight is 254 g/mol. The maximum Gasteiger partial charge on any atom is 0.145 e. The molecule has 0 fully saturated rings. The Bertz CT molecular complexity index is 214. The summed E-state index contributed by atoms with van der Waals surface area (Å²) in [7, 11) is 0. The Morgan fingerprint density at radius 2 is 1.28 bits per heavy atom. The van der Waals surface area contributed by atoms with Gasteiger partial charge in [-0.25, -0.2) is 0 Å². The number of unbranched alkanes of at least 4 members (excludes halogenated alkanes) is 10. The van der Waals surface area contributed by atoms with Crippen LogP contribution in [0, 0.1) is 5.41 Å². The molecular formula is C14H30N4. The first kappa shape index (κ1) is 17.1. The van der Waals surface area contributed by atoms with Crippen molar-refractivity contribution in [2.24, 2.45) is 16.2 Å². The van der Waals surface area contributed by atoms with Crippen LogP contribution < -0.4 is 5.84 Å². The third-order valence-corrected chi connectivity index (χ3v) is 3.20. The fourth-order valence-electron chi connectivity index (χ4n) is 2.08. The lowest BCUT2D eigenvalue weighted by molar-refractivity contribution is 0.551. The molecule has 0 radical (unpaired) electrons. The van der Waals surface area contributed by atoms with Gasteiger partial charge in [0.05, 0.1) is 0 Å². The second-order valence-corrected chi connectivity index (χ2v) is 4.95. The third-order valence-electron chi connectivity index (χ3n) is 3.20. The number of rotatable bonds is 12. The molecule has 0 aliphatic heterocycles. The smallest absolute Gasteiger partial charge is 0.145 e. The number of amidine groups is 1. The van der Waals surface area contributed by atoms with Gasteiger partial charge in [-0.2, -0.15) is 0 Å². The number of hydrogen-bond acceptors (Lipinski definition) is 2. The first-order valence-electron chi connectivity index (χ1n) is 7.49. The van der Waals surface area contributed by atoms with Crippen molar-refractivity contribution >= 4 is 5.84 Å². The fraction of sp³-hybridized carbons (Fsp3) is 0.929. The van der Waals surface area contributed by atoms with Crippen molar-refractivity contribution in [1.82, 2.24) is 0 Å². The van der Waals surface area contributed by atoms with Crippen LogP contribution in [-0.2, 0) is 0 Å². The van der Waals surface area contributed by atoms with E-state index < -0.39 is 0 Å². The Labute approximate surface area is 112 Å². The van der Waals surface area contributed by atoms with Crippen molar-refractivity contribution in [2.75, 3.05) is 0 Å². The second kappa shape index (κ2) is 14.1. The van der Waals surface area contributed by atoms with Gasteiger partial charge in [0.25, 0.3) is 0 Å². The number of nitrogens with two attached hydrogens (primary N) is 1. The predicted octanol–water partition coefficient (Wildman–Crippen LogP) is 4.99. The van der Waals surface area contributed by atoms with Crippen LogP contribution in [0.1, 0.15) is 84.0 Å². The van der Waals surface area contributed by atoms with E-state index in [4.69, 9.17) is 11.3 Å². The van der Waals surface area contributed by atoms with Crippen molar-refractivity contribution in [3.05, 3.63) is 0 Å². The molecule has 0 rings (SSSR count). The molecule has 0 aliphatic rings. The minimum Gasteiger partial charge on any atom is -0.305 e. The lowest BCUT2D eigenvalue weighted by Crippen LogP contribution is -1.92. The maximum atomic E-state index is 7.37. The minimum absolute atomic E-state index is 0.299. The van der Waals surface area contributed by atoms with E-state index in [9.17, 15) is 0 Å². The summed E-state index contributed by atoms with van der Waals surface area (Å²) in [5.74, 6) is 5.18. The Morgan fingerprint density at radius 3 is 1.72 bits per heavy atom. The van der Waals surface area contributed by atoms with Crippen molar-refractivity contribution in [3.63, 3.8) is 0 Å². The molecule has 106 valence electrons. The Hall–Kier alpha value is -0.930. The van der Waals surface area contributed by atoms with Gasteiger partial charge in [-0.3, -0.25) is 5.41 Å². The zero-order valence-corrected chi connectivity index (χ0v) is 12.0. The van der Waals surface area contributed by atoms with E-state index in [-0.39, 0.29) is 0 Å². The molecule has 0 aliphatic carbocycles. The maximum absolute atomic E-state index is 7.37. The lowest BCUT2D eigenvalue weighted by Gasteiger charge is -2.02. The molecule has 0 heterocycles. The van der Waals surface area contributed by atoms with E-state index in [1.807, 2.05) is 0 Å². The molecule has 0 saturated carbocycles. The van der Waals surface area contributed by atoms with Gasteiger partial charge in [0.1, 0.15) is 5.84 Å². The van der Waals surface area contributed by atoms with Crippen LogP contribution in [-0.4, -0.2) is 5.84 Å². The van der Waals surface area contributed by atoms with E-state index in [0.717, 1.165) is 6.42 Å². The molecule has 0 unspecified atom stereocenters. The summed E-state index contributed by atoms with van der Waals surface area (Å²) in [4.78, 5) is 0. The Kier molecular flexibility index (Phi) is 13.4. The van der Waals surface area contributed by atoms with Crippen LogP contribution in [0.3, 0.4) is 0 Å². The molecule has 0 amide bonds. The van der Waals surface area contributed by atoms with Gasteiger partial charge < -0.3 is 5.84 Å².